The van der Waals surface area contributed by atoms with E-state index in [1.165, 1.54) is 29.8 Å². The molecule has 0 bridgehead atoms. The van der Waals surface area contributed by atoms with Crippen molar-refractivity contribution in [2.75, 3.05) is 7.05 Å². The summed E-state index contributed by atoms with van der Waals surface area (Å²) in [5.41, 5.74) is 1.25. The number of aromatic nitrogens is 5. The monoisotopic (exact) mass is 562 g/mol. The summed E-state index contributed by atoms with van der Waals surface area (Å²) in [7, 11) is 1.17. The standard InChI is InChI=1S/C27H24F6N6O/c1-26(19-9-10-38(35-19)25(29)30)12-17(18-13-34-21-11-20(28)36-39(21)23(18)26)14-3-5-15(6-4-14)22(27(31,32)33)37(2)24(40)16-7-8-16/h3-6,9-11,13,16-17,22,25H,7-8,12H2,1-2H3/t17-,22-,26+/m1/s1. The lowest BCUT2D eigenvalue weighted by Gasteiger charge is -2.30. The van der Waals surface area contributed by atoms with Crippen LogP contribution in [0.3, 0.4) is 0 Å². The van der Waals surface area contributed by atoms with Gasteiger partial charge in [0, 0.05) is 42.9 Å². The van der Waals surface area contributed by atoms with E-state index < -0.39 is 42.0 Å². The summed E-state index contributed by atoms with van der Waals surface area (Å²) in [4.78, 5) is 17.5. The molecule has 1 aromatic carbocycles. The highest BCUT2D eigenvalue weighted by Gasteiger charge is 2.49. The third-order valence-corrected chi connectivity index (χ3v) is 7.99. The maximum atomic E-state index is 14.2. The molecule has 3 aromatic heterocycles. The number of hydrogen-bond acceptors (Lipinski definition) is 4. The molecule has 13 heteroatoms. The quantitative estimate of drug-likeness (QED) is 0.280. The Morgan fingerprint density at radius 1 is 1.12 bits per heavy atom. The van der Waals surface area contributed by atoms with Crippen molar-refractivity contribution in [1.82, 2.24) is 29.3 Å². The summed E-state index contributed by atoms with van der Waals surface area (Å²) in [6.45, 7) is -1.07. The second-order valence-corrected chi connectivity index (χ2v) is 10.7. The Bertz CT molecular complexity index is 1590. The average Bonchev–Trinajstić information content (AvgIpc) is 3.34. The van der Waals surface area contributed by atoms with Crippen molar-refractivity contribution in [3.8, 4) is 0 Å². The molecule has 7 nitrogen and oxygen atoms in total. The number of fused-ring (bicyclic) bond motifs is 3. The zero-order valence-corrected chi connectivity index (χ0v) is 21.4. The van der Waals surface area contributed by atoms with Gasteiger partial charge in [0.15, 0.2) is 11.7 Å². The van der Waals surface area contributed by atoms with Crippen LogP contribution in [0.1, 0.15) is 72.8 Å². The van der Waals surface area contributed by atoms with Crippen LogP contribution in [0.5, 0.6) is 0 Å². The number of carbonyl (C=O) groups is 1. The van der Waals surface area contributed by atoms with Crippen LogP contribution in [0.15, 0.2) is 48.8 Å². The van der Waals surface area contributed by atoms with Gasteiger partial charge in [-0.2, -0.15) is 31.4 Å². The van der Waals surface area contributed by atoms with Gasteiger partial charge in [0.25, 0.3) is 0 Å². The minimum absolute atomic E-state index is 0.0767. The molecule has 1 saturated carbocycles. The predicted molar refractivity (Wildman–Crippen MR) is 130 cm³/mol. The first-order valence-corrected chi connectivity index (χ1v) is 12.7. The highest BCUT2D eigenvalue weighted by Crippen LogP contribution is 2.52. The highest BCUT2D eigenvalue weighted by atomic mass is 19.4. The van der Waals surface area contributed by atoms with Crippen LogP contribution in [0.25, 0.3) is 5.65 Å². The molecule has 40 heavy (non-hydrogen) atoms. The Kier molecular flexibility index (Phi) is 5.97. The van der Waals surface area contributed by atoms with E-state index in [2.05, 4.69) is 15.2 Å². The van der Waals surface area contributed by atoms with E-state index in [1.54, 1.807) is 25.3 Å². The fourth-order valence-corrected chi connectivity index (χ4v) is 5.89. The molecule has 1 amide bonds. The Labute approximate surface area is 224 Å². The molecular weight excluding hydrogens is 538 g/mol. The smallest absolute Gasteiger partial charge is 0.330 e. The van der Waals surface area contributed by atoms with Crippen LogP contribution in [-0.4, -0.2) is 48.4 Å². The van der Waals surface area contributed by atoms with E-state index in [1.807, 2.05) is 0 Å². The Morgan fingerprint density at radius 2 is 1.82 bits per heavy atom. The number of benzene rings is 1. The van der Waals surface area contributed by atoms with Crippen molar-refractivity contribution in [3.05, 3.63) is 82.8 Å². The third-order valence-electron chi connectivity index (χ3n) is 7.99. The van der Waals surface area contributed by atoms with Crippen LogP contribution in [0.2, 0.25) is 0 Å². The number of nitrogens with zero attached hydrogens (tertiary/aromatic N) is 6. The van der Waals surface area contributed by atoms with Gasteiger partial charge in [-0.25, -0.2) is 14.2 Å². The number of rotatable bonds is 6. The van der Waals surface area contributed by atoms with Crippen molar-refractivity contribution >= 4 is 11.6 Å². The van der Waals surface area contributed by atoms with Crippen molar-refractivity contribution in [2.24, 2.45) is 5.92 Å². The second kappa shape index (κ2) is 9.07. The number of hydrogen-bond donors (Lipinski definition) is 0. The van der Waals surface area contributed by atoms with Crippen LogP contribution >= 0.6 is 0 Å². The summed E-state index contributed by atoms with van der Waals surface area (Å²) in [5, 5.41) is 8.01. The predicted octanol–water partition coefficient (Wildman–Crippen LogP) is 5.77. The number of carbonyl (C=O) groups excluding carboxylic acids is 1. The topological polar surface area (TPSA) is 68.3 Å². The molecule has 0 unspecified atom stereocenters. The van der Waals surface area contributed by atoms with Gasteiger partial charge in [-0.05, 0) is 43.4 Å². The fraction of sp³-hybridized carbons (Fsp3) is 0.407. The van der Waals surface area contributed by atoms with Gasteiger partial charge < -0.3 is 4.90 Å². The van der Waals surface area contributed by atoms with Crippen molar-refractivity contribution in [1.29, 1.82) is 0 Å². The van der Waals surface area contributed by atoms with E-state index >= 15 is 0 Å². The van der Waals surface area contributed by atoms with Gasteiger partial charge in [-0.15, -0.1) is 5.10 Å². The Balaban J connectivity index is 1.41. The number of halogens is 6. The summed E-state index contributed by atoms with van der Waals surface area (Å²) >= 11 is 0. The van der Waals surface area contributed by atoms with Crippen LogP contribution in [0.4, 0.5) is 26.3 Å². The first kappa shape index (κ1) is 26.3. The molecular formula is C27H24F6N6O. The normalized spacial score (nSPS) is 21.7. The van der Waals surface area contributed by atoms with Crippen LogP contribution in [0, 0.1) is 11.9 Å². The van der Waals surface area contributed by atoms with Gasteiger partial charge in [-0.1, -0.05) is 24.3 Å². The summed E-state index contributed by atoms with van der Waals surface area (Å²) in [6.07, 6.45) is -0.491. The molecule has 1 fully saturated rings. The third kappa shape index (κ3) is 4.22. The minimum Gasteiger partial charge on any atom is -0.330 e. The van der Waals surface area contributed by atoms with Gasteiger partial charge in [0.1, 0.15) is 0 Å². The Hall–Kier alpha value is -3.90. The van der Waals surface area contributed by atoms with Crippen molar-refractivity contribution in [3.63, 3.8) is 0 Å². The largest absolute Gasteiger partial charge is 0.413 e. The van der Waals surface area contributed by atoms with Gasteiger partial charge in [-0.3, -0.25) is 4.79 Å². The second-order valence-electron chi connectivity index (χ2n) is 10.7. The van der Waals surface area contributed by atoms with Crippen LogP contribution < -0.4 is 0 Å². The maximum Gasteiger partial charge on any atom is 0.413 e. The minimum atomic E-state index is -4.68. The molecule has 0 N–H and O–H groups in total. The molecule has 3 atom stereocenters. The molecule has 2 aliphatic carbocycles. The molecule has 0 radical (unpaired) electrons. The lowest BCUT2D eigenvalue weighted by molar-refractivity contribution is -0.189. The summed E-state index contributed by atoms with van der Waals surface area (Å²) in [5.74, 6) is -2.09. The average molecular weight is 563 g/mol. The molecule has 0 saturated heterocycles. The van der Waals surface area contributed by atoms with Gasteiger partial charge in [0.2, 0.25) is 11.9 Å². The van der Waals surface area contributed by atoms with Crippen LogP contribution in [-0.2, 0) is 10.2 Å². The SMILES string of the molecule is CN(C(=O)C1CC1)[C@H](c1ccc([C@H]2C[C@@](C)(c3ccn(C(F)F)n3)c3c2cnc2cc(F)nn32)cc1)C(F)(F)F. The molecule has 0 aliphatic heterocycles. The lowest BCUT2D eigenvalue weighted by atomic mass is 9.81. The summed E-state index contributed by atoms with van der Waals surface area (Å²) in [6, 6.07) is 6.35. The molecule has 210 valence electrons. The molecule has 6 rings (SSSR count). The van der Waals surface area contributed by atoms with E-state index in [-0.39, 0.29) is 17.1 Å². The number of alkyl halides is 5. The molecule has 4 aromatic rings. The zero-order chi connectivity index (χ0) is 28.6. The summed E-state index contributed by atoms with van der Waals surface area (Å²) < 4.78 is 85.0. The van der Waals surface area contributed by atoms with Gasteiger partial charge in [0.05, 0.1) is 16.8 Å². The van der Waals surface area contributed by atoms with Crippen molar-refractivity contribution in [2.45, 2.75) is 56.3 Å². The molecule has 3 heterocycles. The Morgan fingerprint density at radius 3 is 2.42 bits per heavy atom. The van der Waals surface area contributed by atoms with E-state index in [0.717, 1.165) is 17.2 Å². The lowest BCUT2D eigenvalue weighted by Crippen LogP contribution is -2.40. The zero-order valence-electron chi connectivity index (χ0n) is 21.4. The van der Waals surface area contributed by atoms with E-state index in [9.17, 15) is 31.1 Å². The number of amides is 1. The first-order valence-electron chi connectivity index (χ1n) is 12.7. The van der Waals surface area contributed by atoms with E-state index in [0.29, 0.717) is 46.5 Å². The first-order chi connectivity index (χ1) is 18.9. The van der Waals surface area contributed by atoms with Crippen molar-refractivity contribution < 1.29 is 31.1 Å². The fourth-order valence-electron chi connectivity index (χ4n) is 5.89. The highest BCUT2D eigenvalue weighted by molar-refractivity contribution is 5.81. The van der Waals surface area contributed by atoms with E-state index in [4.69, 9.17) is 0 Å². The molecule has 2 aliphatic rings. The molecule has 0 spiro atoms. The van der Waals surface area contributed by atoms with Gasteiger partial charge >= 0.3 is 12.7 Å². The maximum absolute atomic E-state index is 14.2.